The van der Waals surface area contributed by atoms with Crippen LogP contribution in [0.2, 0.25) is 5.31 Å². The van der Waals surface area contributed by atoms with Crippen molar-refractivity contribution in [1.29, 1.82) is 0 Å². The average molecular weight is 338 g/mol. The molecule has 0 heterocycles. The van der Waals surface area contributed by atoms with E-state index in [4.69, 9.17) is 17.3 Å². The van der Waals surface area contributed by atoms with E-state index in [1.54, 1.807) is 0 Å². The standard InChI is InChI=1S/C22H31BO2/c1-6-17(2)14-18(3)22(5)20(15-21(22,4)23)25-13-12-24-16-19-10-8-7-9-11-19/h7-11,15,18H,2,6,12-14,16H2,1,3-5H3/t18?,21?,22-/m0/s1. The number of allylic oxidation sites excluding steroid dienone is 3. The Hall–Kier alpha value is -1.48. The highest BCUT2D eigenvalue weighted by atomic mass is 16.5. The van der Waals surface area contributed by atoms with Crippen molar-refractivity contribution in [1.82, 2.24) is 0 Å². The third-order valence-corrected chi connectivity index (χ3v) is 5.74. The number of ether oxygens (including phenoxy) is 2. The van der Waals surface area contributed by atoms with Gasteiger partial charge in [0.15, 0.2) is 0 Å². The van der Waals surface area contributed by atoms with Gasteiger partial charge in [0.05, 0.1) is 26.8 Å². The van der Waals surface area contributed by atoms with Gasteiger partial charge < -0.3 is 9.47 Å². The molecule has 0 spiro atoms. The molecule has 2 nitrogen and oxygen atoms in total. The van der Waals surface area contributed by atoms with Crippen molar-refractivity contribution in [3.8, 4) is 0 Å². The van der Waals surface area contributed by atoms with Crippen LogP contribution in [-0.4, -0.2) is 21.1 Å². The lowest BCUT2D eigenvalue weighted by Gasteiger charge is -2.56. The first-order chi connectivity index (χ1) is 11.8. The van der Waals surface area contributed by atoms with E-state index in [9.17, 15) is 0 Å². The van der Waals surface area contributed by atoms with Crippen molar-refractivity contribution in [2.24, 2.45) is 11.3 Å². The van der Waals surface area contributed by atoms with Crippen molar-refractivity contribution in [2.75, 3.05) is 13.2 Å². The Labute approximate surface area is 154 Å². The summed E-state index contributed by atoms with van der Waals surface area (Å²) < 4.78 is 11.7. The first-order valence-electron chi connectivity index (χ1n) is 9.24. The van der Waals surface area contributed by atoms with Crippen molar-refractivity contribution < 1.29 is 9.47 Å². The molecule has 3 heteroatoms. The SMILES string of the molecule is [B]C1(C)C=C(OCCOCc2ccccc2)[C@]1(C)C(C)CC(=C)CC. The van der Waals surface area contributed by atoms with E-state index in [-0.39, 0.29) is 10.7 Å². The van der Waals surface area contributed by atoms with E-state index in [1.807, 2.05) is 18.2 Å². The Morgan fingerprint density at radius 1 is 1.20 bits per heavy atom. The highest BCUT2D eigenvalue weighted by Crippen LogP contribution is 2.63. The molecule has 3 atom stereocenters. The Kier molecular flexibility index (Phi) is 6.56. The zero-order valence-corrected chi connectivity index (χ0v) is 16.2. The lowest BCUT2D eigenvalue weighted by molar-refractivity contribution is 0.00869. The van der Waals surface area contributed by atoms with Gasteiger partial charge in [-0.25, -0.2) is 0 Å². The molecule has 0 aromatic heterocycles. The molecule has 2 unspecified atom stereocenters. The number of hydrogen-bond donors (Lipinski definition) is 0. The van der Waals surface area contributed by atoms with E-state index in [1.165, 1.54) is 11.1 Å². The van der Waals surface area contributed by atoms with Crippen LogP contribution >= 0.6 is 0 Å². The minimum Gasteiger partial charge on any atom is -0.495 e. The first-order valence-corrected chi connectivity index (χ1v) is 9.24. The minimum absolute atomic E-state index is 0.162. The second-order valence-corrected chi connectivity index (χ2v) is 7.59. The third-order valence-electron chi connectivity index (χ3n) is 5.74. The second-order valence-electron chi connectivity index (χ2n) is 7.59. The summed E-state index contributed by atoms with van der Waals surface area (Å²) in [6, 6.07) is 10.2. The molecule has 0 amide bonds. The molecule has 0 aliphatic heterocycles. The fourth-order valence-electron chi connectivity index (χ4n) is 3.48. The van der Waals surface area contributed by atoms with E-state index < -0.39 is 0 Å². The molecule has 0 fully saturated rings. The summed E-state index contributed by atoms with van der Waals surface area (Å²) in [7, 11) is 6.50. The van der Waals surface area contributed by atoms with Gasteiger partial charge in [-0.15, -0.1) is 0 Å². The van der Waals surface area contributed by atoms with Crippen LogP contribution in [0.3, 0.4) is 0 Å². The predicted octanol–water partition coefficient (Wildman–Crippen LogP) is 5.46. The summed E-state index contributed by atoms with van der Waals surface area (Å²) in [4.78, 5) is 0. The Balaban J connectivity index is 1.83. The normalized spacial score (nSPS) is 26.5. The Morgan fingerprint density at radius 3 is 2.48 bits per heavy atom. The highest BCUT2D eigenvalue weighted by Gasteiger charge is 2.54. The van der Waals surface area contributed by atoms with E-state index in [0.717, 1.165) is 18.6 Å². The van der Waals surface area contributed by atoms with Gasteiger partial charge in [0.2, 0.25) is 0 Å². The summed E-state index contributed by atoms with van der Waals surface area (Å²) in [5.74, 6) is 1.39. The van der Waals surface area contributed by atoms with Gasteiger partial charge in [-0.3, -0.25) is 0 Å². The Morgan fingerprint density at radius 2 is 1.88 bits per heavy atom. The van der Waals surface area contributed by atoms with Crippen LogP contribution < -0.4 is 0 Å². The number of benzene rings is 1. The van der Waals surface area contributed by atoms with Crippen molar-refractivity contribution in [3.63, 3.8) is 0 Å². The predicted molar refractivity (Wildman–Crippen MR) is 106 cm³/mol. The van der Waals surface area contributed by atoms with Gasteiger partial charge in [-0.2, -0.15) is 0 Å². The summed E-state index contributed by atoms with van der Waals surface area (Å²) in [6.07, 6.45) is 4.04. The fourth-order valence-corrected chi connectivity index (χ4v) is 3.48. The van der Waals surface area contributed by atoms with Gasteiger partial charge in [0, 0.05) is 5.41 Å². The molecule has 0 N–H and O–H groups in total. The lowest BCUT2D eigenvalue weighted by Crippen LogP contribution is -2.47. The molecule has 134 valence electrons. The van der Waals surface area contributed by atoms with Crippen LogP contribution in [0.25, 0.3) is 0 Å². The quantitative estimate of drug-likeness (QED) is 0.320. The molecule has 1 aliphatic rings. The minimum atomic E-state index is -0.347. The van der Waals surface area contributed by atoms with Crippen LogP contribution in [0.15, 0.2) is 54.3 Å². The molecule has 25 heavy (non-hydrogen) atoms. The summed E-state index contributed by atoms with van der Waals surface area (Å²) >= 11 is 0. The zero-order chi connectivity index (χ0) is 18.5. The molecule has 1 aromatic rings. The topological polar surface area (TPSA) is 18.5 Å². The van der Waals surface area contributed by atoms with E-state index >= 15 is 0 Å². The van der Waals surface area contributed by atoms with Gasteiger partial charge >= 0.3 is 0 Å². The molecule has 0 saturated heterocycles. The van der Waals surface area contributed by atoms with Crippen LogP contribution in [0.5, 0.6) is 0 Å². The number of rotatable bonds is 10. The van der Waals surface area contributed by atoms with Gasteiger partial charge in [-0.05, 0) is 35.7 Å². The Bertz CT molecular complexity index is 606. The van der Waals surface area contributed by atoms with Crippen LogP contribution in [-0.2, 0) is 16.1 Å². The lowest BCUT2D eigenvalue weighted by atomic mass is 9.42. The maximum Gasteiger partial charge on any atom is 0.111 e. The molecule has 1 aliphatic carbocycles. The average Bonchev–Trinajstić information content (AvgIpc) is 2.60. The third kappa shape index (κ3) is 4.38. The van der Waals surface area contributed by atoms with Crippen molar-refractivity contribution >= 4 is 7.85 Å². The van der Waals surface area contributed by atoms with Crippen LogP contribution in [0.1, 0.15) is 46.1 Å². The molecule has 2 rings (SSSR count). The van der Waals surface area contributed by atoms with Crippen molar-refractivity contribution in [3.05, 3.63) is 59.9 Å². The van der Waals surface area contributed by atoms with E-state index in [2.05, 4.69) is 52.5 Å². The van der Waals surface area contributed by atoms with Crippen LogP contribution in [0, 0.1) is 11.3 Å². The summed E-state index contributed by atoms with van der Waals surface area (Å²) in [5, 5.41) is -0.347. The smallest absolute Gasteiger partial charge is 0.111 e. The van der Waals surface area contributed by atoms with Gasteiger partial charge in [0.1, 0.15) is 6.61 Å². The summed E-state index contributed by atoms with van der Waals surface area (Å²) in [5.41, 5.74) is 2.28. The second kappa shape index (κ2) is 8.27. The monoisotopic (exact) mass is 338 g/mol. The highest BCUT2D eigenvalue weighted by molar-refractivity contribution is 6.18. The van der Waals surface area contributed by atoms with Gasteiger partial charge in [0.25, 0.3) is 0 Å². The number of hydrogen-bond acceptors (Lipinski definition) is 2. The zero-order valence-electron chi connectivity index (χ0n) is 16.2. The van der Waals surface area contributed by atoms with Gasteiger partial charge in [-0.1, -0.05) is 70.2 Å². The maximum absolute atomic E-state index is 6.50. The summed E-state index contributed by atoms with van der Waals surface area (Å²) in [6.45, 7) is 14.6. The fraction of sp³-hybridized carbons (Fsp3) is 0.545. The maximum atomic E-state index is 6.50. The largest absolute Gasteiger partial charge is 0.495 e. The van der Waals surface area contributed by atoms with Crippen LogP contribution in [0.4, 0.5) is 0 Å². The van der Waals surface area contributed by atoms with E-state index in [0.29, 0.717) is 25.7 Å². The first kappa shape index (κ1) is 19.8. The molecule has 0 bridgehead atoms. The van der Waals surface area contributed by atoms with Crippen molar-refractivity contribution in [2.45, 2.75) is 52.5 Å². The molecular formula is C22H31BO2. The molecular weight excluding hydrogens is 307 g/mol. The molecule has 0 saturated carbocycles. The molecule has 2 radical (unpaired) electrons. The molecule has 1 aromatic carbocycles.